The van der Waals surface area contributed by atoms with E-state index in [1.807, 2.05) is 54.1 Å². The molecule has 0 aliphatic heterocycles. The van der Waals surface area contributed by atoms with Gasteiger partial charge in [-0.3, -0.25) is 9.89 Å². The van der Waals surface area contributed by atoms with E-state index in [2.05, 4.69) is 32.4 Å². The molecule has 9 nitrogen and oxygen atoms in total. The van der Waals surface area contributed by atoms with Crippen LogP contribution in [-0.2, 0) is 13.0 Å². The first-order valence-electron chi connectivity index (χ1n) is 10.4. The number of amides is 1. The number of phenolic OH excluding ortho intramolecular Hbond substituents is 1. The minimum absolute atomic E-state index is 0.229. The highest BCUT2D eigenvalue weighted by Crippen LogP contribution is 2.28. The molecular weight excluding hydrogens is 418 g/mol. The van der Waals surface area contributed by atoms with Crippen molar-refractivity contribution in [2.75, 3.05) is 10.6 Å². The number of carbonyl (C=O) groups excluding carboxylic acids is 1. The number of primary amides is 1. The number of nitrogens with one attached hydrogen (secondary N) is 3. The Morgan fingerprint density at radius 2 is 2.09 bits per heavy atom. The number of carbonyl (C=O) groups is 1. The normalized spacial score (nSPS) is 10.7. The van der Waals surface area contributed by atoms with Crippen LogP contribution in [-0.4, -0.2) is 30.8 Å². The van der Waals surface area contributed by atoms with Gasteiger partial charge >= 0.3 is 0 Å². The predicted octanol–water partition coefficient (Wildman–Crippen LogP) is 3.96. The molecule has 33 heavy (non-hydrogen) atoms. The average molecular weight is 444 g/mol. The third-order valence-corrected chi connectivity index (χ3v) is 5.29. The molecule has 4 rings (SSSR count). The van der Waals surface area contributed by atoms with Gasteiger partial charge in [0.25, 0.3) is 5.91 Å². The monoisotopic (exact) mass is 443 g/mol. The highest BCUT2D eigenvalue weighted by Gasteiger charge is 2.19. The Balaban J connectivity index is 1.53. The lowest BCUT2D eigenvalue weighted by Crippen LogP contribution is -2.15. The molecule has 168 valence electrons. The van der Waals surface area contributed by atoms with Gasteiger partial charge in [0.15, 0.2) is 5.82 Å². The summed E-state index contributed by atoms with van der Waals surface area (Å²) in [4.78, 5) is 16.2. The summed E-state index contributed by atoms with van der Waals surface area (Å²) in [5.74, 6) is 0.355. The first-order valence-corrected chi connectivity index (χ1v) is 10.4. The molecule has 2 heterocycles. The van der Waals surface area contributed by atoms with Crippen LogP contribution >= 0.6 is 0 Å². The van der Waals surface area contributed by atoms with E-state index in [1.54, 1.807) is 18.6 Å². The number of aromatic nitrogens is 4. The molecule has 0 aliphatic carbocycles. The van der Waals surface area contributed by atoms with E-state index < -0.39 is 5.91 Å². The number of nitrogens with two attached hydrogens (primary N) is 1. The van der Waals surface area contributed by atoms with Crippen LogP contribution in [0.4, 0.5) is 17.3 Å². The number of aromatic amines is 1. The summed E-state index contributed by atoms with van der Waals surface area (Å²) in [5.41, 5.74) is 9.99. The van der Waals surface area contributed by atoms with Crippen LogP contribution in [0.1, 0.15) is 34.0 Å². The molecule has 0 saturated carbocycles. The number of H-pyrrole nitrogens is 1. The average Bonchev–Trinajstić information content (AvgIpc) is 3.49. The first-order chi connectivity index (χ1) is 16.0. The number of phenols is 1. The van der Waals surface area contributed by atoms with Gasteiger partial charge in [0, 0.05) is 35.9 Å². The minimum atomic E-state index is -0.615. The van der Waals surface area contributed by atoms with Gasteiger partial charge in [-0.05, 0) is 47.9 Å². The molecule has 0 spiro atoms. The van der Waals surface area contributed by atoms with Crippen LogP contribution in [0.3, 0.4) is 0 Å². The van der Waals surface area contributed by atoms with Crippen molar-refractivity contribution in [2.24, 2.45) is 5.73 Å². The van der Waals surface area contributed by atoms with Gasteiger partial charge in [0.2, 0.25) is 0 Å². The van der Waals surface area contributed by atoms with Crippen LogP contribution in [0.5, 0.6) is 5.75 Å². The van der Waals surface area contributed by atoms with E-state index in [9.17, 15) is 9.90 Å². The summed E-state index contributed by atoms with van der Waals surface area (Å²) >= 11 is 0. The standard InChI is InChI=1S/C24H25N7O2/c1-3-16-11-15(12-17(4-2)21(16)32)13-27-23-20(22(25)33)24(30-29-23)28-18-5-7-19(8-6-18)31-10-9-26-14-31/h3,5-12,14,32H,1,4,13H2,2H3,(H2,25,33)(H3,27,28,29,30). The van der Waals surface area contributed by atoms with Crippen LogP contribution in [0.15, 0.2) is 61.7 Å². The maximum Gasteiger partial charge on any atom is 0.256 e. The van der Waals surface area contributed by atoms with Gasteiger partial charge in [-0.2, -0.15) is 5.10 Å². The lowest BCUT2D eigenvalue weighted by atomic mass is 10.0. The molecule has 0 fully saturated rings. The molecule has 2 aromatic carbocycles. The Morgan fingerprint density at radius 1 is 1.30 bits per heavy atom. The molecule has 0 aliphatic rings. The molecule has 0 atom stereocenters. The van der Waals surface area contributed by atoms with E-state index in [0.717, 1.165) is 22.5 Å². The van der Waals surface area contributed by atoms with E-state index >= 15 is 0 Å². The van der Waals surface area contributed by atoms with Crippen molar-refractivity contribution in [3.63, 3.8) is 0 Å². The molecular formula is C24H25N7O2. The van der Waals surface area contributed by atoms with Crippen molar-refractivity contribution in [1.82, 2.24) is 19.7 Å². The summed E-state index contributed by atoms with van der Waals surface area (Å²) in [7, 11) is 0. The van der Waals surface area contributed by atoms with E-state index in [0.29, 0.717) is 30.2 Å². The lowest BCUT2D eigenvalue weighted by molar-refractivity contribution is 0.100. The molecule has 4 aromatic rings. The van der Waals surface area contributed by atoms with Crippen molar-refractivity contribution >= 4 is 29.3 Å². The van der Waals surface area contributed by atoms with Crippen molar-refractivity contribution < 1.29 is 9.90 Å². The molecule has 0 saturated heterocycles. The summed E-state index contributed by atoms with van der Waals surface area (Å²) in [6, 6.07) is 11.4. The Hall–Kier alpha value is -4.53. The number of anilines is 3. The smallest absolute Gasteiger partial charge is 0.256 e. The van der Waals surface area contributed by atoms with Crippen molar-refractivity contribution in [3.05, 3.63) is 84.0 Å². The molecule has 2 aromatic heterocycles. The topological polar surface area (TPSA) is 134 Å². The number of hydrogen-bond acceptors (Lipinski definition) is 6. The van der Waals surface area contributed by atoms with Crippen LogP contribution in [0, 0.1) is 0 Å². The third-order valence-electron chi connectivity index (χ3n) is 5.29. The van der Waals surface area contributed by atoms with Crippen LogP contribution < -0.4 is 16.4 Å². The minimum Gasteiger partial charge on any atom is -0.507 e. The summed E-state index contributed by atoms with van der Waals surface area (Å²) in [5, 5.41) is 23.6. The van der Waals surface area contributed by atoms with Gasteiger partial charge in [0.1, 0.15) is 17.1 Å². The molecule has 6 N–H and O–H groups in total. The molecule has 1 amide bonds. The largest absolute Gasteiger partial charge is 0.507 e. The second-order valence-electron chi connectivity index (χ2n) is 7.43. The first kappa shape index (κ1) is 21.7. The SMILES string of the molecule is C=Cc1cc(CNc2n[nH]c(Nc3ccc(-n4ccnc4)cc3)c2C(N)=O)cc(CC)c1O. The number of hydrogen-bond donors (Lipinski definition) is 5. The second-order valence-corrected chi connectivity index (χ2v) is 7.43. The molecule has 9 heteroatoms. The van der Waals surface area contributed by atoms with Gasteiger partial charge < -0.3 is 26.0 Å². The van der Waals surface area contributed by atoms with Gasteiger partial charge in [-0.1, -0.05) is 25.6 Å². The van der Waals surface area contributed by atoms with Crippen LogP contribution in [0.25, 0.3) is 11.8 Å². The van der Waals surface area contributed by atoms with Crippen molar-refractivity contribution in [3.8, 4) is 11.4 Å². The zero-order chi connectivity index (χ0) is 23.4. The summed E-state index contributed by atoms with van der Waals surface area (Å²) < 4.78 is 1.89. The quantitative estimate of drug-likeness (QED) is 0.266. The fourth-order valence-electron chi connectivity index (χ4n) is 3.57. The Morgan fingerprint density at radius 3 is 2.73 bits per heavy atom. The van der Waals surface area contributed by atoms with E-state index in [4.69, 9.17) is 5.73 Å². The Kier molecular flexibility index (Phi) is 6.12. The van der Waals surface area contributed by atoms with Crippen LogP contribution in [0.2, 0.25) is 0 Å². The number of benzene rings is 2. The lowest BCUT2D eigenvalue weighted by Gasteiger charge is -2.11. The number of aryl methyl sites for hydroxylation is 1. The number of rotatable bonds is 9. The Bertz CT molecular complexity index is 1280. The number of aromatic hydroxyl groups is 1. The zero-order valence-electron chi connectivity index (χ0n) is 18.2. The van der Waals surface area contributed by atoms with Crippen molar-refractivity contribution in [2.45, 2.75) is 19.9 Å². The maximum atomic E-state index is 12.2. The molecule has 0 unspecified atom stereocenters. The predicted molar refractivity (Wildman–Crippen MR) is 129 cm³/mol. The Labute approximate surface area is 191 Å². The highest BCUT2D eigenvalue weighted by molar-refractivity contribution is 6.03. The van der Waals surface area contributed by atoms with Gasteiger partial charge in [-0.15, -0.1) is 0 Å². The second kappa shape index (κ2) is 9.31. The van der Waals surface area contributed by atoms with Crippen molar-refractivity contribution in [1.29, 1.82) is 0 Å². The third kappa shape index (κ3) is 4.57. The maximum absolute atomic E-state index is 12.2. The summed E-state index contributed by atoms with van der Waals surface area (Å²) in [6.45, 7) is 6.11. The van der Waals surface area contributed by atoms with E-state index in [1.165, 1.54) is 0 Å². The number of nitrogens with zero attached hydrogens (tertiary/aromatic N) is 3. The molecule has 0 radical (unpaired) electrons. The number of imidazole rings is 1. The summed E-state index contributed by atoms with van der Waals surface area (Å²) in [6.07, 6.45) is 7.58. The zero-order valence-corrected chi connectivity index (χ0v) is 18.2. The fraction of sp³-hybridized carbons (Fsp3) is 0.125. The van der Waals surface area contributed by atoms with Gasteiger partial charge in [0.05, 0.1) is 6.33 Å². The fourth-order valence-corrected chi connectivity index (χ4v) is 3.57. The van der Waals surface area contributed by atoms with E-state index in [-0.39, 0.29) is 11.3 Å². The van der Waals surface area contributed by atoms with Gasteiger partial charge in [-0.25, -0.2) is 4.98 Å². The molecule has 0 bridgehead atoms. The highest BCUT2D eigenvalue weighted by atomic mass is 16.3.